The van der Waals surface area contributed by atoms with E-state index in [9.17, 15) is 13.6 Å². The molecular formula is C23H16F2N4O. The van der Waals surface area contributed by atoms with E-state index < -0.39 is 0 Å². The van der Waals surface area contributed by atoms with Crippen LogP contribution in [0.4, 0.5) is 26.1 Å². The Morgan fingerprint density at radius 1 is 0.733 bits per heavy atom. The summed E-state index contributed by atoms with van der Waals surface area (Å²) < 4.78 is 26.3. The van der Waals surface area contributed by atoms with Crippen molar-refractivity contribution in [3.05, 3.63) is 102 Å². The molecule has 0 atom stereocenters. The number of benzene rings is 3. The highest BCUT2D eigenvalue weighted by Crippen LogP contribution is 2.20. The summed E-state index contributed by atoms with van der Waals surface area (Å²) in [7, 11) is 0. The monoisotopic (exact) mass is 402 g/mol. The number of nitrogens with one attached hydrogen (secondary N) is 2. The van der Waals surface area contributed by atoms with E-state index in [1.54, 1.807) is 48.8 Å². The lowest BCUT2D eigenvalue weighted by molar-refractivity contribution is 0.102. The second kappa shape index (κ2) is 8.48. The van der Waals surface area contributed by atoms with E-state index in [0.29, 0.717) is 34.0 Å². The van der Waals surface area contributed by atoms with Crippen molar-refractivity contribution in [3.63, 3.8) is 0 Å². The fourth-order valence-electron chi connectivity index (χ4n) is 2.78. The predicted octanol–water partition coefficient (Wildman–Crippen LogP) is 5.42. The fraction of sp³-hybridized carbons (Fsp3) is 0. The molecule has 0 fully saturated rings. The quantitative estimate of drug-likeness (QED) is 0.468. The zero-order valence-corrected chi connectivity index (χ0v) is 15.6. The second-order valence-electron chi connectivity index (χ2n) is 6.47. The van der Waals surface area contributed by atoms with E-state index >= 15 is 0 Å². The Morgan fingerprint density at radius 3 is 2.07 bits per heavy atom. The first kappa shape index (κ1) is 19.2. The van der Waals surface area contributed by atoms with Crippen molar-refractivity contribution in [1.82, 2.24) is 9.97 Å². The lowest BCUT2D eigenvalue weighted by Crippen LogP contribution is -2.11. The van der Waals surface area contributed by atoms with E-state index in [2.05, 4.69) is 20.6 Å². The smallest absolute Gasteiger partial charge is 0.255 e. The Kier molecular flexibility index (Phi) is 5.43. The molecule has 0 bridgehead atoms. The highest BCUT2D eigenvalue weighted by molar-refractivity contribution is 6.04. The third-order valence-electron chi connectivity index (χ3n) is 4.32. The maximum Gasteiger partial charge on any atom is 0.255 e. The topological polar surface area (TPSA) is 66.9 Å². The molecule has 30 heavy (non-hydrogen) atoms. The average Bonchev–Trinajstić information content (AvgIpc) is 2.76. The molecule has 0 saturated heterocycles. The van der Waals surface area contributed by atoms with Gasteiger partial charge in [-0.1, -0.05) is 12.1 Å². The van der Waals surface area contributed by atoms with Gasteiger partial charge in [0.25, 0.3) is 5.91 Å². The summed E-state index contributed by atoms with van der Waals surface area (Å²) in [5.74, 6) is -0.615. The van der Waals surface area contributed by atoms with Crippen molar-refractivity contribution in [3.8, 4) is 11.1 Å². The van der Waals surface area contributed by atoms with Gasteiger partial charge in [0.2, 0.25) is 5.95 Å². The summed E-state index contributed by atoms with van der Waals surface area (Å²) in [6, 6.07) is 18.5. The van der Waals surface area contributed by atoms with Crippen molar-refractivity contribution in [2.24, 2.45) is 0 Å². The molecule has 0 unspecified atom stereocenters. The lowest BCUT2D eigenvalue weighted by Gasteiger charge is -2.08. The summed E-state index contributed by atoms with van der Waals surface area (Å²) in [5.41, 5.74) is 3.06. The summed E-state index contributed by atoms with van der Waals surface area (Å²) in [6.45, 7) is 0. The first-order valence-electron chi connectivity index (χ1n) is 9.09. The van der Waals surface area contributed by atoms with Crippen molar-refractivity contribution in [2.75, 3.05) is 10.6 Å². The fourth-order valence-corrected chi connectivity index (χ4v) is 2.78. The molecule has 5 nitrogen and oxygen atoms in total. The van der Waals surface area contributed by atoms with Crippen LogP contribution in [0.3, 0.4) is 0 Å². The Morgan fingerprint density at radius 2 is 1.40 bits per heavy atom. The molecule has 1 amide bonds. The van der Waals surface area contributed by atoms with Crippen LogP contribution in [0.15, 0.2) is 85.2 Å². The van der Waals surface area contributed by atoms with Gasteiger partial charge in [0.1, 0.15) is 11.6 Å². The molecule has 7 heteroatoms. The van der Waals surface area contributed by atoms with E-state index in [1.807, 2.05) is 0 Å². The normalized spacial score (nSPS) is 10.5. The molecule has 0 aliphatic heterocycles. The molecule has 0 aliphatic rings. The van der Waals surface area contributed by atoms with Gasteiger partial charge in [-0.15, -0.1) is 0 Å². The van der Waals surface area contributed by atoms with Crippen LogP contribution in [0.1, 0.15) is 10.4 Å². The van der Waals surface area contributed by atoms with Gasteiger partial charge in [0, 0.05) is 34.9 Å². The van der Waals surface area contributed by atoms with Gasteiger partial charge in [-0.2, -0.15) is 0 Å². The van der Waals surface area contributed by atoms with Gasteiger partial charge in [-0.05, 0) is 66.2 Å². The minimum atomic E-state index is -0.366. The van der Waals surface area contributed by atoms with Crippen LogP contribution < -0.4 is 10.6 Å². The Labute approximate surface area is 171 Å². The van der Waals surface area contributed by atoms with Gasteiger partial charge >= 0.3 is 0 Å². The average molecular weight is 402 g/mol. The van der Waals surface area contributed by atoms with Crippen molar-refractivity contribution in [1.29, 1.82) is 0 Å². The first-order chi connectivity index (χ1) is 14.6. The van der Waals surface area contributed by atoms with Crippen molar-refractivity contribution in [2.45, 2.75) is 0 Å². The predicted molar refractivity (Wildman–Crippen MR) is 112 cm³/mol. The molecule has 3 aromatic carbocycles. The van der Waals surface area contributed by atoms with Crippen LogP contribution in [0.5, 0.6) is 0 Å². The van der Waals surface area contributed by atoms with Crippen LogP contribution in [-0.2, 0) is 0 Å². The van der Waals surface area contributed by atoms with Crippen LogP contribution in [0.25, 0.3) is 11.1 Å². The SMILES string of the molecule is O=C(Nc1ccc(F)cc1)c1ccc(Nc2ncc(-c3cccc(F)c3)cn2)cc1. The molecule has 4 aromatic rings. The van der Waals surface area contributed by atoms with Crippen LogP contribution in [-0.4, -0.2) is 15.9 Å². The number of amides is 1. The van der Waals surface area contributed by atoms with Gasteiger partial charge in [-0.25, -0.2) is 18.7 Å². The van der Waals surface area contributed by atoms with Gasteiger partial charge in [0.05, 0.1) is 0 Å². The van der Waals surface area contributed by atoms with Crippen LogP contribution in [0, 0.1) is 11.6 Å². The molecular weight excluding hydrogens is 386 g/mol. The zero-order chi connectivity index (χ0) is 20.9. The van der Waals surface area contributed by atoms with Crippen molar-refractivity contribution >= 4 is 23.2 Å². The Balaban J connectivity index is 1.40. The van der Waals surface area contributed by atoms with E-state index in [1.165, 1.54) is 36.4 Å². The number of carbonyl (C=O) groups is 1. The summed E-state index contributed by atoms with van der Waals surface area (Å²) in [6.07, 6.45) is 3.21. The standard InChI is InChI=1S/C23H16F2N4O/c24-18-6-10-20(11-7-18)28-22(30)15-4-8-21(9-5-15)29-23-26-13-17(14-27-23)16-2-1-3-19(25)12-16/h1-14H,(H,28,30)(H,26,27,29). The number of halogens is 2. The molecule has 0 saturated carbocycles. The molecule has 2 N–H and O–H groups in total. The number of nitrogens with zero attached hydrogens (tertiary/aromatic N) is 2. The summed E-state index contributed by atoms with van der Waals surface area (Å²) in [5, 5.41) is 5.75. The maximum atomic E-state index is 13.4. The highest BCUT2D eigenvalue weighted by atomic mass is 19.1. The third kappa shape index (κ3) is 4.64. The first-order valence-corrected chi connectivity index (χ1v) is 9.09. The minimum Gasteiger partial charge on any atom is -0.324 e. The number of hydrogen-bond acceptors (Lipinski definition) is 4. The van der Waals surface area contributed by atoms with E-state index in [4.69, 9.17) is 0 Å². The lowest BCUT2D eigenvalue weighted by atomic mass is 10.1. The molecule has 0 spiro atoms. The van der Waals surface area contributed by atoms with Crippen LogP contribution in [0.2, 0.25) is 0 Å². The summed E-state index contributed by atoms with van der Waals surface area (Å²) >= 11 is 0. The largest absolute Gasteiger partial charge is 0.324 e. The number of anilines is 3. The second-order valence-corrected chi connectivity index (χ2v) is 6.47. The summed E-state index contributed by atoms with van der Waals surface area (Å²) in [4.78, 5) is 20.8. The van der Waals surface area contributed by atoms with Crippen molar-refractivity contribution < 1.29 is 13.6 Å². The molecule has 4 rings (SSSR count). The molecule has 1 heterocycles. The highest BCUT2D eigenvalue weighted by Gasteiger charge is 2.07. The maximum absolute atomic E-state index is 13.4. The van der Waals surface area contributed by atoms with Gasteiger partial charge in [0.15, 0.2) is 0 Å². The van der Waals surface area contributed by atoms with Crippen LogP contribution >= 0.6 is 0 Å². The third-order valence-corrected chi connectivity index (χ3v) is 4.32. The number of rotatable bonds is 5. The van der Waals surface area contributed by atoms with E-state index in [-0.39, 0.29) is 17.5 Å². The molecule has 148 valence electrons. The Hall–Kier alpha value is -4.13. The molecule has 1 aromatic heterocycles. The van der Waals surface area contributed by atoms with E-state index in [0.717, 1.165) is 0 Å². The number of hydrogen-bond donors (Lipinski definition) is 2. The molecule has 0 aliphatic carbocycles. The Bertz CT molecular complexity index is 1160. The zero-order valence-electron chi connectivity index (χ0n) is 15.6. The van der Waals surface area contributed by atoms with Gasteiger partial charge < -0.3 is 10.6 Å². The molecule has 0 radical (unpaired) electrons. The van der Waals surface area contributed by atoms with Gasteiger partial charge in [-0.3, -0.25) is 4.79 Å². The minimum absolute atomic E-state index is 0.302. The number of aromatic nitrogens is 2. The number of carbonyl (C=O) groups excluding carboxylic acids is 1.